The van der Waals surface area contributed by atoms with Gasteiger partial charge in [0, 0.05) is 6.92 Å². The summed E-state index contributed by atoms with van der Waals surface area (Å²) in [5.41, 5.74) is -0.145. The Morgan fingerprint density at radius 1 is 1.00 bits per heavy atom. The maximum atomic E-state index is 11.6. The van der Waals surface area contributed by atoms with E-state index in [2.05, 4.69) is 20.8 Å². The average molecular weight is 463 g/mol. The Kier molecular flexibility index (Phi) is 7.04. The number of rotatable bonds is 6. The van der Waals surface area contributed by atoms with Crippen molar-refractivity contribution in [2.45, 2.75) is 130 Å². The minimum Gasteiger partial charge on any atom is -0.460 e. The first-order chi connectivity index (χ1) is 15.4. The first-order valence-electron chi connectivity index (χ1n) is 13.9. The summed E-state index contributed by atoms with van der Waals surface area (Å²) in [5.74, 6) is 4.27. The lowest BCUT2D eigenvalue weighted by molar-refractivity contribution is -0.160. The molecule has 4 saturated carbocycles. The Morgan fingerprint density at radius 3 is 2.33 bits per heavy atom. The van der Waals surface area contributed by atoms with Gasteiger partial charge < -0.3 is 14.9 Å². The third-order valence-corrected chi connectivity index (χ3v) is 11.4. The number of aliphatic hydroxyl groups is 2. The second-order valence-corrected chi connectivity index (χ2v) is 13.6. The smallest absolute Gasteiger partial charge is 0.303 e. The molecule has 0 aromatic rings. The van der Waals surface area contributed by atoms with Gasteiger partial charge in [-0.25, -0.2) is 0 Å². The van der Waals surface area contributed by atoms with Gasteiger partial charge in [-0.05, 0) is 131 Å². The minimum absolute atomic E-state index is 0.0649. The molecule has 0 aromatic heterocycles. The Morgan fingerprint density at radius 2 is 1.67 bits per heavy atom. The average Bonchev–Trinajstić information content (AvgIpc) is 3.07. The summed E-state index contributed by atoms with van der Waals surface area (Å²) in [7, 11) is 0. The highest BCUT2D eigenvalue weighted by atomic mass is 16.6. The lowest BCUT2D eigenvalue weighted by atomic mass is 9.44. The molecule has 0 aromatic carbocycles. The third-order valence-electron chi connectivity index (χ3n) is 11.4. The molecule has 0 amide bonds. The van der Waals surface area contributed by atoms with Crippen LogP contribution in [0.2, 0.25) is 0 Å². The van der Waals surface area contributed by atoms with Crippen molar-refractivity contribution in [3.8, 4) is 0 Å². The van der Waals surface area contributed by atoms with E-state index < -0.39 is 11.7 Å². The number of ether oxygens (including phenoxy) is 1. The van der Waals surface area contributed by atoms with Crippen LogP contribution >= 0.6 is 0 Å². The highest BCUT2D eigenvalue weighted by Crippen LogP contribution is 2.68. The van der Waals surface area contributed by atoms with Gasteiger partial charge in [0.2, 0.25) is 0 Å². The fourth-order valence-electron chi connectivity index (χ4n) is 9.58. The van der Waals surface area contributed by atoms with Gasteiger partial charge in [0.1, 0.15) is 6.10 Å². The van der Waals surface area contributed by atoms with Gasteiger partial charge >= 0.3 is 5.97 Å². The summed E-state index contributed by atoms with van der Waals surface area (Å²) in [6.07, 6.45) is 12.6. The van der Waals surface area contributed by atoms with Crippen LogP contribution in [-0.2, 0) is 9.53 Å². The molecule has 0 aliphatic heterocycles. The molecule has 4 aliphatic carbocycles. The van der Waals surface area contributed by atoms with E-state index >= 15 is 0 Å². The van der Waals surface area contributed by atoms with Gasteiger partial charge in [0.15, 0.2) is 0 Å². The summed E-state index contributed by atoms with van der Waals surface area (Å²) in [6.45, 7) is 12.5. The van der Waals surface area contributed by atoms with Crippen LogP contribution in [-0.4, -0.2) is 34.0 Å². The summed E-state index contributed by atoms with van der Waals surface area (Å²) >= 11 is 0. The molecule has 2 N–H and O–H groups in total. The minimum atomic E-state index is -1.01. The van der Waals surface area contributed by atoms with Gasteiger partial charge in [-0.3, -0.25) is 4.79 Å². The predicted octanol–water partition coefficient (Wildman–Crippen LogP) is 6.13. The van der Waals surface area contributed by atoms with Crippen LogP contribution in [0.3, 0.4) is 0 Å². The molecule has 4 fully saturated rings. The molecular weight excluding hydrogens is 412 g/mol. The van der Waals surface area contributed by atoms with Crippen LogP contribution in [0.1, 0.15) is 112 Å². The van der Waals surface area contributed by atoms with E-state index in [4.69, 9.17) is 4.74 Å². The molecule has 0 bridgehead atoms. The standard InChI is InChI=1S/C29H50O4/c1-18(7-12-26(27(3,4)32)33-19(2)30)23-10-11-24-22-9-8-20-17-21(31)13-15-28(20,5)25(22)14-16-29(23,24)6/h18,20-26,31-32H,7-17H2,1-6H3/t18-,20-,21-,22+,23-,24+,25+,26-,28+,29-/m1/s1. The second kappa shape index (κ2) is 9.12. The fraction of sp³-hybridized carbons (Fsp3) is 0.966. The number of carbonyl (C=O) groups excluding carboxylic acids is 1. The highest BCUT2D eigenvalue weighted by Gasteiger charge is 2.60. The summed E-state index contributed by atoms with van der Waals surface area (Å²) in [5, 5.41) is 20.8. The van der Waals surface area contributed by atoms with Crippen molar-refractivity contribution in [3.05, 3.63) is 0 Å². The van der Waals surface area contributed by atoms with Crippen molar-refractivity contribution < 1.29 is 19.7 Å². The van der Waals surface area contributed by atoms with Crippen LogP contribution in [0.5, 0.6) is 0 Å². The quantitative estimate of drug-likeness (QED) is 0.466. The zero-order valence-corrected chi connectivity index (χ0v) is 22.1. The SMILES string of the molecule is CC(=O)O[C@H](CC[C@@H](C)[C@H]1CC[C@H]2[C@@H]3CC[C@@H]4C[C@H](O)CC[C@]4(C)[C@H]3CC[C@]12C)C(C)(C)O. The molecule has 33 heavy (non-hydrogen) atoms. The monoisotopic (exact) mass is 462 g/mol. The molecule has 10 atom stereocenters. The normalized spacial score (nSPS) is 44.8. The molecule has 4 rings (SSSR count). The van der Waals surface area contributed by atoms with E-state index in [-0.39, 0.29) is 12.1 Å². The Hall–Kier alpha value is -0.610. The maximum Gasteiger partial charge on any atom is 0.303 e. The van der Waals surface area contributed by atoms with Crippen LogP contribution in [0.4, 0.5) is 0 Å². The number of aliphatic hydroxyl groups excluding tert-OH is 1. The molecule has 0 heterocycles. The molecule has 4 heteroatoms. The zero-order valence-electron chi connectivity index (χ0n) is 22.1. The van der Waals surface area contributed by atoms with Crippen LogP contribution in [0.15, 0.2) is 0 Å². The molecule has 0 saturated heterocycles. The van der Waals surface area contributed by atoms with Crippen molar-refractivity contribution in [3.63, 3.8) is 0 Å². The van der Waals surface area contributed by atoms with E-state index in [1.165, 1.54) is 51.9 Å². The van der Waals surface area contributed by atoms with E-state index in [9.17, 15) is 15.0 Å². The molecule has 0 spiro atoms. The number of hydrogen-bond acceptors (Lipinski definition) is 4. The highest BCUT2D eigenvalue weighted by molar-refractivity contribution is 5.66. The number of fused-ring (bicyclic) bond motifs is 5. The maximum absolute atomic E-state index is 11.6. The summed E-state index contributed by atoms with van der Waals surface area (Å²) in [4.78, 5) is 11.6. The van der Waals surface area contributed by atoms with Gasteiger partial charge in [-0.2, -0.15) is 0 Å². The van der Waals surface area contributed by atoms with Crippen molar-refractivity contribution in [2.24, 2.45) is 46.3 Å². The topological polar surface area (TPSA) is 66.8 Å². The van der Waals surface area contributed by atoms with Crippen LogP contribution in [0, 0.1) is 46.3 Å². The Bertz CT molecular complexity index is 713. The first-order valence-corrected chi connectivity index (χ1v) is 13.9. The molecule has 4 nitrogen and oxygen atoms in total. The van der Waals surface area contributed by atoms with E-state index in [1.807, 2.05) is 0 Å². The van der Waals surface area contributed by atoms with E-state index in [1.54, 1.807) is 13.8 Å². The number of hydrogen-bond donors (Lipinski definition) is 2. The predicted molar refractivity (Wildman–Crippen MR) is 131 cm³/mol. The molecule has 4 aliphatic rings. The number of esters is 1. The third kappa shape index (κ3) is 4.65. The first kappa shape index (κ1) is 25.5. The van der Waals surface area contributed by atoms with Gasteiger partial charge in [0.05, 0.1) is 11.7 Å². The van der Waals surface area contributed by atoms with Crippen LogP contribution in [0.25, 0.3) is 0 Å². The Labute approximate surface area is 202 Å². The van der Waals surface area contributed by atoms with Crippen molar-refractivity contribution in [2.75, 3.05) is 0 Å². The molecule has 0 unspecified atom stereocenters. The van der Waals surface area contributed by atoms with Gasteiger partial charge in [0.25, 0.3) is 0 Å². The summed E-state index contributed by atoms with van der Waals surface area (Å²) < 4.78 is 5.49. The van der Waals surface area contributed by atoms with E-state index in [0.717, 1.165) is 55.3 Å². The van der Waals surface area contributed by atoms with Crippen molar-refractivity contribution in [1.82, 2.24) is 0 Å². The second-order valence-electron chi connectivity index (χ2n) is 13.6. The molecule has 0 radical (unpaired) electrons. The van der Waals surface area contributed by atoms with Crippen LogP contribution < -0.4 is 0 Å². The van der Waals surface area contributed by atoms with Crippen molar-refractivity contribution >= 4 is 5.97 Å². The molecular formula is C29H50O4. The lowest BCUT2D eigenvalue weighted by Gasteiger charge is -2.61. The largest absolute Gasteiger partial charge is 0.460 e. The lowest BCUT2D eigenvalue weighted by Crippen LogP contribution is -2.54. The number of carbonyl (C=O) groups is 1. The van der Waals surface area contributed by atoms with Crippen molar-refractivity contribution in [1.29, 1.82) is 0 Å². The van der Waals surface area contributed by atoms with E-state index in [0.29, 0.717) is 16.7 Å². The zero-order chi connectivity index (χ0) is 24.2. The fourth-order valence-corrected chi connectivity index (χ4v) is 9.58. The van der Waals surface area contributed by atoms with Gasteiger partial charge in [-0.1, -0.05) is 20.8 Å². The summed E-state index contributed by atoms with van der Waals surface area (Å²) in [6, 6.07) is 0. The molecule has 190 valence electrons. The van der Waals surface area contributed by atoms with Gasteiger partial charge in [-0.15, -0.1) is 0 Å². The Balaban J connectivity index is 1.44.